The fourth-order valence-corrected chi connectivity index (χ4v) is 3.03. The predicted molar refractivity (Wildman–Crippen MR) is 82.4 cm³/mol. The second kappa shape index (κ2) is 6.13. The summed E-state index contributed by atoms with van der Waals surface area (Å²) in [6, 6.07) is 0.226. The summed E-state index contributed by atoms with van der Waals surface area (Å²) < 4.78 is 11.2. The van der Waals surface area contributed by atoms with E-state index in [-0.39, 0.29) is 23.8 Å². The van der Waals surface area contributed by atoms with Crippen LogP contribution in [0.25, 0.3) is 0 Å². The molecule has 0 aromatic rings. The Balaban J connectivity index is 1.89. The van der Waals surface area contributed by atoms with Gasteiger partial charge in [-0.05, 0) is 53.9 Å². The Morgan fingerprint density at radius 2 is 2.19 bits per heavy atom. The molecule has 5 nitrogen and oxygen atoms in total. The Hall–Kier alpha value is -0.810. The zero-order valence-corrected chi connectivity index (χ0v) is 14.1. The number of rotatable bonds is 3. The van der Waals surface area contributed by atoms with Gasteiger partial charge in [0.2, 0.25) is 0 Å². The van der Waals surface area contributed by atoms with Gasteiger partial charge in [0.05, 0.1) is 6.10 Å². The SMILES string of the molecule is CC1OCCC1(C)NCC1CCCN1C(=O)OC(C)(C)C. The van der Waals surface area contributed by atoms with E-state index in [0.717, 1.165) is 39.0 Å². The van der Waals surface area contributed by atoms with Gasteiger partial charge in [-0.3, -0.25) is 0 Å². The quantitative estimate of drug-likeness (QED) is 0.870. The highest BCUT2D eigenvalue weighted by atomic mass is 16.6. The van der Waals surface area contributed by atoms with Crippen molar-refractivity contribution in [3.05, 3.63) is 0 Å². The molecular formula is C16H30N2O3. The van der Waals surface area contributed by atoms with E-state index in [0.29, 0.717) is 0 Å². The van der Waals surface area contributed by atoms with Crippen LogP contribution < -0.4 is 5.32 Å². The molecule has 0 aromatic heterocycles. The lowest BCUT2D eigenvalue weighted by Crippen LogP contribution is -2.53. The number of amides is 1. The van der Waals surface area contributed by atoms with E-state index < -0.39 is 5.60 Å². The highest BCUT2D eigenvalue weighted by Gasteiger charge is 2.39. The number of carbonyl (C=O) groups excluding carboxylic acids is 1. The third-order valence-corrected chi connectivity index (χ3v) is 4.63. The molecule has 3 atom stereocenters. The molecule has 0 radical (unpaired) electrons. The molecule has 2 fully saturated rings. The zero-order chi connectivity index (χ0) is 15.7. The van der Waals surface area contributed by atoms with Gasteiger partial charge in [-0.15, -0.1) is 0 Å². The summed E-state index contributed by atoms with van der Waals surface area (Å²) in [5.41, 5.74) is -0.417. The van der Waals surface area contributed by atoms with Crippen LogP contribution in [0.1, 0.15) is 53.9 Å². The van der Waals surface area contributed by atoms with E-state index in [1.807, 2.05) is 25.7 Å². The summed E-state index contributed by atoms with van der Waals surface area (Å²) in [5.74, 6) is 0. The van der Waals surface area contributed by atoms with Crippen molar-refractivity contribution < 1.29 is 14.3 Å². The average molecular weight is 298 g/mol. The summed E-state index contributed by atoms with van der Waals surface area (Å²) in [6.07, 6.45) is 3.14. The molecule has 1 N–H and O–H groups in total. The maximum absolute atomic E-state index is 12.3. The average Bonchev–Trinajstić information content (AvgIpc) is 2.93. The second-order valence-corrected chi connectivity index (χ2v) is 7.53. The molecule has 1 amide bonds. The van der Waals surface area contributed by atoms with Crippen molar-refractivity contribution in [3.8, 4) is 0 Å². The standard InChI is InChI=1S/C16H30N2O3/c1-12-16(5,8-10-20-12)17-11-13-7-6-9-18(13)14(19)21-15(2,3)4/h12-13,17H,6-11H2,1-5H3. The minimum atomic E-state index is -0.433. The lowest BCUT2D eigenvalue weighted by Gasteiger charge is -2.33. The summed E-state index contributed by atoms with van der Waals surface area (Å²) in [4.78, 5) is 14.1. The van der Waals surface area contributed by atoms with Gasteiger partial charge in [0.1, 0.15) is 5.60 Å². The smallest absolute Gasteiger partial charge is 0.410 e. The molecule has 122 valence electrons. The summed E-state index contributed by atoms with van der Waals surface area (Å²) >= 11 is 0. The van der Waals surface area contributed by atoms with E-state index in [9.17, 15) is 4.79 Å². The summed E-state index contributed by atoms with van der Waals surface area (Å²) in [7, 11) is 0. The zero-order valence-electron chi connectivity index (χ0n) is 14.1. The van der Waals surface area contributed by atoms with Gasteiger partial charge < -0.3 is 19.7 Å². The molecule has 2 rings (SSSR count). The molecule has 2 heterocycles. The Labute approximate surface area is 128 Å². The molecule has 2 aliphatic rings. The Morgan fingerprint density at radius 3 is 2.76 bits per heavy atom. The van der Waals surface area contributed by atoms with E-state index in [4.69, 9.17) is 9.47 Å². The van der Waals surface area contributed by atoms with Crippen LogP contribution in [0.3, 0.4) is 0 Å². The van der Waals surface area contributed by atoms with Crippen molar-refractivity contribution in [2.24, 2.45) is 0 Å². The van der Waals surface area contributed by atoms with Gasteiger partial charge in [-0.1, -0.05) is 0 Å². The first kappa shape index (κ1) is 16.6. The third kappa shape index (κ3) is 4.10. The Bertz CT molecular complexity index is 380. The lowest BCUT2D eigenvalue weighted by molar-refractivity contribution is 0.0215. The molecule has 2 saturated heterocycles. The van der Waals surface area contributed by atoms with E-state index >= 15 is 0 Å². The third-order valence-electron chi connectivity index (χ3n) is 4.63. The van der Waals surface area contributed by atoms with Crippen LogP contribution in [0.15, 0.2) is 0 Å². The summed E-state index contributed by atoms with van der Waals surface area (Å²) in [6.45, 7) is 12.5. The fraction of sp³-hybridized carbons (Fsp3) is 0.938. The second-order valence-electron chi connectivity index (χ2n) is 7.53. The topological polar surface area (TPSA) is 50.8 Å². The minimum absolute atomic E-state index is 0.0161. The molecule has 3 unspecified atom stereocenters. The van der Waals surface area contributed by atoms with Crippen LogP contribution >= 0.6 is 0 Å². The number of nitrogens with zero attached hydrogens (tertiary/aromatic N) is 1. The number of nitrogens with one attached hydrogen (secondary N) is 1. The van der Waals surface area contributed by atoms with Gasteiger partial charge in [0, 0.05) is 31.3 Å². The molecule has 0 spiro atoms. The molecule has 2 aliphatic heterocycles. The van der Waals surface area contributed by atoms with Gasteiger partial charge >= 0.3 is 6.09 Å². The van der Waals surface area contributed by atoms with E-state index in [2.05, 4.69) is 19.2 Å². The first-order valence-electron chi connectivity index (χ1n) is 8.07. The van der Waals surface area contributed by atoms with Crippen molar-refractivity contribution in [2.45, 2.75) is 77.2 Å². The monoisotopic (exact) mass is 298 g/mol. The predicted octanol–water partition coefficient (Wildman–Crippen LogP) is 2.54. The molecular weight excluding hydrogens is 268 g/mol. The van der Waals surface area contributed by atoms with Crippen LogP contribution in [-0.4, -0.2) is 54.0 Å². The van der Waals surface area contributed by atoms with Crippen molar-refractivity contribution in [3.63, 3.8) is 0 Å². The Morgan fingerprint density at radius 1 is 1.48 bits per heavy atom. The van der Waals surface area contributed by atoms with Crippen LogP contribution in [0, 0.1) is 0 Å². The molecule has 0 aliphatic carbocycles. The van der Waals surface area contributed by atoms with Crippen molar-refractivity contribution in [2.75, 3.05) is 19.7 Å². The first-order chi connectivity index (χ1) is 9.71. The van der Waals surface area contributed by atoms with Gasteiger partial charge in [0.25, 0.3) is 0 Å². The maximum atomic E-state index is 12.3. The van der Waals surface area contributed by atoms with E-state index in [1.54, 1.807) is 0 Å². The van der Waals surface area contributed by atoms with E-state index in [1.165, 1.54) is 0 Å². The highest BCUT2D eigenvalue weighted by Crippen LogP contribution is 2.26. The van der Waals surface area contributed by atoms with Crippen LogP contribution in [0.4, 0.5) is 4.79 Å². The van der Waals surface area contributed by atoms with Gasteiger partial charge in [0.15, 0.2) is 0 Å². The van der Waals surface area contributed by atoms with Crippen molar-refractivity contribution >= 4 is 6.09 Å². The fourth-order valence-electron chi connectivity index (χ4n) is 3.03. The molecule has 0 aromatic carbocycles. The van der Waals surface area contributed by atoms with Gasteiger partial charge in [-0.25, -0.2) is 4.79 Å². The number of hydrogen-bond acceptors (Lipinski definition) is 4. The summed E-state index contributed by atoms with van der Waals surface area (Å²) in [5, 5.41) is 3.62. The molecule has 0 bridgehead atoms. The normalized spacial score (nSPS) is 33.5. The lowest BCUT2D eigenvalue weighted by atomic mass is 9.94. The maximum Gasteiger partial charge on any atom is 0.410 e. The van der Waals surface area contributed by atoms with Gasteiger partial charge in [-0.2, -0.15) is 0 Å². The Kier molecular flexibility index (Phi) is 4.83. The molecule has 21 heavy (non-hydrogen) atoms. The first-order valence-corrected chi connectivity index (χ1v) is 8.07. The van der Waals surface area contributed by atoms with Crippen LogP contribution in [-0.2, 0) is 9.47 Å². The minimum Gasteiger partial charge on any atom is -0.444 e. The number of carbonyl (C=O) groups is 1. The number of hydrogen-bond donors (Lipinski definition) is 1. The largest absolute Gasteiger partial charge is 0.444 e. The van der Waals surface area contributed by atoms with Crippen molar-refractivity contribution in [1.82, 2.24) is 10.2 Å². The van der Waals surface area contributed by atoms with Crippen LogP contribution in [0.2, 0.25) is 0 Å². The van der Waals surface area contributed by atoms with Crippen LogP contribution in [0.5, 0.6) is 0 Å². The van der Waals surface area contributed by atoms with Crippen molar-refractivity contribution in [1.29, 1.82) is 0 Å². The number of ether oxygens (including phenoxy) is 2. The molecule has 5 heteroatoms. The molecule has 0 saturated carbocycles. The highest BCUT2D eigenvalue weighted by molar-refractivity contribution is 5.69. The number of likely N-dealkylation sites (tertiary alicyclic amines) is 1.